The number of rotatable bonds is 4. The number of amides is 3. The third-order valence-electron chi connectivity index (χ3n) is 4.77. The van der Waals surface area contributed by atoms with Crippen molar-refractivity contribution in [2.45, 2.75) is 52.7 Å². The number of hydrogen-bond donors (Lipinski definition) is 2. The monoisotopic (exact) mass is 369 g/mol. The van der Waals surface area contributed by atoms with Gasteiger partial charge in [0.15, 0.2) is 0 Å². The highest BCUT2D eigenvalue weighted by Gasteiger charge is 2.18. The third-order valence-corrected chi connectivity index (χ3v) is 4.77. The summed E-state index contributed by atoms with van der Waals surface area (Å²) in [6.07, 6.45) is 0.883. The predicted octanol–water partition coefficient (Wildman–Crippen LogP) is 3.08. The Balaban J connectivity index is 1.60. The van der Waals surface area contributed by atoms with Gasteiger partial charge in [0.25, 0.3) is 0 Å². The minimum atomic E-state index is -0.253. The zero-order valence-electron chi connectivity index (χ0n) is 16.2. The first-order valence-corrected chi connectivity index (χ1v) is 9.39. The molecule has 1 aromatic carbocycles. The van der Waals surface area contributed by atoms with Crippen LogP contribution >= 0.6 is 0 Å². The molecule has 0 bridgehead atoms. The summed E-state index contributed by atoms with van der Waals surface area (Å²) in [6, 6.07) is 9.52. The first-order valence-electron chi connectivity index (χ1n) is 9.39. The fourth-order valence-electron chi connectivity index (χ4n) is 3.33. The molecule has 0 saturated heterocycles. The lowest BCUT2D eigenvalue weighted by molar-refractivity contribution is -0.129. The Morgan fingerprint density at radius 2 is 2.00 bits per heavy atom. The molecule has 1 aliphatic heterocycles. The fourth-order valence-corrected chi connectivity index (χ4v) is 3.33. The zero-order chi connectivity index (χ0) is 19.4. The number of carbonyl (C=O) groups excluding carboxylic acids is 2. The van der Waals surface area contributed by atoms with E-state index in [1.165, 1.54) is 0 Å². The summed E-state index contributed by atoms with van der Waals surface area (Å²) in [4.78, 5) is 25.8. The molecular formula is C20H27N5O2. The molecule has 0 unspecified atom stereocenters. The lowest BCUT2D eigenvalue weighted by atomic mass is 10.0. The van der Waals surface area contributed by atoms with Crippen LogP contribution in [-0.2, 0) is 24.4 Å². The topological polar surface area (TPSA) is 79.3 Å². The Hall–Kier alpha value is -2.83. The van der Waals surface area contributed by atoms with Gasteiger partial charge in [0.05, 0.1) is 24.5 Å². The maximum absolute atomic E-state index is 12.3. The van der Waals surface area contributed by atoms with Gasteiger partial charge in [0, 0.05) is 25.7 Å². The quantitative estimate of drug-likeness (QED) is 0.869. The van der Waals surface area contributed by atoms with Crippen molar-refractivity contribution in [3.63, 3.8) is 0 Å². The first kappa shape index (κ1) is 18.9. The Kier molecular flexibility index (Phi) is 5.78. The molecule has 144 valence electrons. The third kappa shape index (κ3) is 4.67. The van der Waals surface area contributed by atoms with Crippen LogP contribution in [0.25, 0.3) is 0 Å². The number of urea groups is 1. The van der Waals surface area contributed by atoms with Crippen LogP contribution in [0.1, 0.15) is 50.1 Å². The van der Waals surface area contributed by atoms with E-state index in [9.17, 15) is 9.59 Å². The van der Waals surface area contributed by atoms with Gasteiger partial charge in [-0.3, -0.25) is 9.48 Å². The number of benzene rings is 1. The lowest BCUT2D eigenvalue weighted by Crippen LogP contribution is -2.29. The Labute approximate surface area is 159 Å². The van der Waals surface area contributed by atoms with E-state index in [2.05, 4.69) is 29.6 Å². The van der Waals surface area contributed by atoms with E-state index < -0.39 is 0 Å². The maximum atomic E-state index is 12.3. The SMILES string of the molecule is CC(=O)N1CCCn2nc(CNC(=O)Nc3ccccc3C(C)C)cc2C1. The number of anilines is 1. The molecule has 0 fully saturated rings. The highest BCUT2D eigenvalue weighted by atomic mass is 16.2. The number of aromatic nitrogens is 2. The Morgan fingerprint density at radius 1 is 1.22 bits per heavy atom. The van der Waals surface area contributed by atoms with Gasteiger partial charge in [-0.15, -0.1) is 0 Å². The highest BCUT2D eigenvalue weighted by molar-refractivity contribution is 5.90. The Morgan fingerprint density at radius 3 is 2.74 bits per heavy atom. The molecule has 3 amide bonds. The molecule has 0 aliphatic carbocycles. The smallest absolute Gasteiger partial charge is 0.319 e. The molecule has 1 aliphatic rings. The van der Waals surface area contributed by atoms with Gasteiger partial charge in [0.1, 0.15) is 0 Å². The molecule has 27 heavy (non-hydrogen) atoms. The van der Waals surface area contributed by atoms with Crippen LogP contribution in [0.15, 0.2) is 30.3 Å². The minimum Gasteiger partial charge on any atom is -0.337 e. The van der Waals surface area contributed by atoms with Crippen LogP contribution in [0.5, 0.6) is 0 Å². The number of nitrogens with one attached hydrogen (secondary N) is 2. The predicted molar refractivity (Wildman–Crippen MR) is 104 cm³/mol. The molecule has 3 rings (SSSR count). The van der Waals surface area contributed by atoms with Crippen molar-refractivity contribution in [1.82, 2.24) is 20.0 Å². The van der Waals surface area contributed by atoms with Crippen LogP contribution in [0.4, 0.5) is 10.5 Å². The second-order valence-electron chi connectivity index (χ2n) is 7.19. The van der Waals surface area contributed by atoms with E-state index in [0.29, 0.717) is 19.0 Å². The summed E-state index contributed by atoms with van der Waals surface area (Å²) in [5, 5.41) is 10.3. The van der Waals surface area contributed by atoms with Crippen molar-refractivity contribution < 1.29 is 9.59 Å². The van der Waals surface area contributed by atoms with Crippen molar-refractivity contribution >= 4 is 17.6 Å². The van der Waals surface area contributed by atoms with Gasteiger partial charge >= 0.3 is 6.03 Å². The molecule has 2 aromatic rings. The summed E-state index contributed by atoms with van der Waals surface area (Å²) >= 11 is 0. The van der Waals surface area contributed by atoms with Crippen molar-refractivity contribution in [2.24, 2.45) is 0 Å². The van der Waals surface area contributed by atoms with Crippen LogP contribution < -0.4 is 10.6 Å². The molecule has 0 spiro atoms. The summed E-state index contributed by atoms with van der Waals surface area (Å²) < 4.78 is 1.94. The first-order chi connectivity index (χ1) is 12.9. The van der Waals surface area contributed by atoms with Crippen LogP contribution in [0.2, 0.25) is 0 Å². The summed E-state index contributed by atoms with van der Waals surface area (Å²) in [5.41, 5.74) is 3.72. The van der Waals surface area contributed by atoms with E-state index in [0.717, 1.165) is 42.1 Å². The molecule has 2 N–H and O–H groups in total. The number of hydrogen-bond acceptors (Lipinski definition) is 3. The van der Waals surface area contributed by atoms with E-state index in [4.69, 9.17) is 0 Å². The average molecular weight is 369 g/mol. The van der Waals surface area contributed by atoms with Crippen LogP contribution in [0.3, 0.4) is 0 Å². The molecule has 7 nitrogen and oxygen atoms in total. The van der Waals surface area contributed by atoms with Gasteiger partial charge in [-0.05, 0) is 30.0 Å². The summed E-state index contributed by atoms with van der Waals surface area (Å²) in [5.74, 6) is 0.405. The van der Waals surface area contributed by atoms with Gasteiger partial charge in [-0.25, -0.2) is 4.79 Å². The number of para-hydroxylation sites is 1. The molecule has 0 atom stereocenters. The van der Waals surface area contributed by atoms with E-state index in [-0.39, 0.29) is 11.9 Å². The van der Waals surface area contributed by atoms with Crippen molar-refractivity contribution in [3.05, 3.63) is 47.3 Å². The minimum absolute atomic E-state index is 0.0764. The number of aryl methyl sites for hydroxylation is 1. The molecule has 0 radical (unpaired) electrons. The van der Waals surface area contributed by atoms with Gasteiger partial charge < -0.3 is 15.5 Å². The summed E-state index contributed by atoms with van der Waals surface area (Å²) in [7, 11) is 0. The summed E-state index contributed by atoms with van der Waals surface area (Å²) in [6.45, 7) is 8.23. The van der Waals surface area contributed by atoms with E-state index in [1.807, 2.05) is 39.9 Å². The normalized spacial score (nSPS) is 13.9. The van der Waals surface area contributed by atoms with Gasteiger partial charge in [-0.2, -0.15) is 5.10 Å². The maximum Gasteiger partial charge on any atom is 0.319 e. The second-order valence-corrected chi connectivity index (χ2v) is 7.19. The largest absolute Gasteiger partial charge is 0.337 e. The van der Waals surface area contributed by atoms with E-state index in [1.54, 1.807) is 6.92 Å². The number of nitrogens with zero attached hydrogens (tertiary/aromatic N) is 3. The standard InChI is InChI=1S/C20H27N5O2/c1-14(2)18-7-4-5-8-19(18)22-20(27)21-12-16-11-17-13-24(15(3)26)9-6-10-25(17)23-16/h4-5,7-8,11,14H,6,9-10,12-13H2,1-3H3,(H2,21,22,27). The van der Waals surface area contributed by atoms with Gasteiger partial charge in [-0.1, -0.05) is 32.0 Å². The lowest BCUT2D eigenvalue weighted by Gasteiger charge is -2.17. The molecule has 1 aromatic heterocycles. The van der Waals surface area contributed by atoms with Gasteiger partial charge in [0.2, 0.25) is 5.91 Å². The van der Waals surface area contributed by atoms with Crippen molar-refractivity contribution in [3.8, 4) is 0 Å². The number of carbonyl (C=O) groups is 2. The van der Waals surface area contributed by atoms with Crippen LogP contribution in [0, 0.1) is 0 Å². The fraction of sp³-hybridized carbons (Fsp3) is 0.450. The highest BCUT2D eigenvalue weighted by Crippen LogP contribution is 2.23. The molecule has 2 heterocycles. The second kappa shape index (κ2) is 8.24. The molecule has 7 heteroatoms. The zero-order valence-corrected chi connectivity index (χ0v) is 16.2. The van der Waals surface area contributed by atoms with Crippen molar-refractivity contribution in [1.29, 1.82) is 0 Å². The molecular weight excluding hydrogens is 342 g/mol. The Bertz CT molecular complexity index is 828. The van der Waals surface area contributed by atoms with E-state index >= 15 is 0 Å². The van der Waals surface area contributed by atoms with Crippen molar-refractivity contribution in [2.75, 3.05) is 11.9 Å². The van der Waals surface area contributed by atoms with Crippen LogP contribution in [-0.4, -0.2) is 33.2 Å². The average Bonchev–Trinajstić information content (AvgIpc) is 2.90. The number of fused-ring (bicyclic) bond motifs is 1. The molecule has 0 saturated carbocycles.